The number of allylic oxidation sites excluding steroid dienone is 1. The molecule has 0 heterocycles. The predicted octanol–water partition coefficient (Wildman–Crippen LogP) is 7.34. The van der Waals surface area contributed by atoms with Crippen LogP contribution in [0.25, 0.3) is 6.08 Å². The minimum absolute atomic E-state index is 0.0606. The summed E-state index contributed by atoms with van der Waals surface area (Å²) in [6.45, 7) is 0. The Bertz CT molecular complexity index is 809. The average Bonchev–Trinajstić information content (AvgIpc) is 2.65. The molecule has 0 radical (unpaired) electrons. The van der Waals surface area contributed by atoms with Gasteiger partial charge >= 0.3 is 23.9 Å². The molecule has 2 aromatic carbocycles. The molecule has 2 rings (SSSR count). The fraction of sp³-hybridized carbons (Fsp3) is 0.300. The number of rotatable bonds is 7. The highest BCUT2D eigenvalue weighted by Crippen LogP contribution is 2.55. The summed E-state index contributed by atoms with van der Waals surface area (Å²) in [6, 6.07) is 14.9. The summed E-state index contributed by atoms with van der Waals surface area (Å²) in [6.07, 6.45) is -6.41. The van der Waals surface area contributed by atoms with Crippen molar-refractivity contribution >= 4 is 6.08 Å². The summed E-state index contributed by atoms with van der Waals surface area (Å²) in [5, 5.41) is 0. The van der Waals surface area contributed by atoms with Crippen LogP contribution in [0.15, 0.2) is 66.7 Å². The van der Waals surface area contributed by atoms with Crippen molar-refractivity contribution in [3.8, 4) is 0 Å². The molecule has 0 aliphatic rings. The van der Waals surface area contributed by atoms with Gasteiger partial charge in [-0.25, -0.2) is 0 Å². The molecule has 29 heavy (non-hydrogen) atoms. The fourth-order valence-electron chi connectivity index (χ4n) is 2.60. The minimum atomic E-state index is -6.89. The van der Waals surface area contributed by atoms with Crippen LogP contribution in [0.4, 0.5) is 39.5 Å². The molecular formula is C20H15F9. The van der Waals surface area contributed by atoms with E-state index in [4.69, 9.17) is 0 Å². The first-order valence-electron chi connectivity index (χ1n) is 8.28. The quantitative estimate of drug-likeness (QED) is 0.407. The lowest BCUT2D eigenvalue weighted by Crippen LogP contribution is -2.61. The molecule has 0 spiro atoms. The standard InChI is InChI=1S/C20H15F9/c21-17(22,18(23,24)19(25,26)20(27,28)29)13-16(15-9-5-2-6-10-15)12-11-14-7-3-1-4-8-14/h1-12,16H,13H2/b12-11+. The first-order chi connectivity index (χ1) is 13.3. The lowest BCUT2D eigenvalue weighted by molar-refractivity contribution is -0.396. The molecule has 2 aromatic rings. The Morgan fingerprint density at radius 1 is 0.655 bits per heavy atom. The van der Waals surface area contributed by atoms with Crippen molar-refractivity contribution in [2.24, 2.45) is 0 Å². The van der Waals surface area contributed by atoms with Crippen LogP contribution in [0.5, 0.6) is 0 Å². The molecule has 0 bridgehead atoms. The SMILES string of the molecule is FC(F)(F)C(F)(F)C(F)(F)C(F)(F)CC(/C=C/c1ccccc1)c1ccccc1. The second kappa shape index (κ2) is 8.12. The van der Waals surface area contributed by atoms with E-state index in [1.54, 1.807) is 30.3 Å². The van der Waals surface area contributed by atoms with Crippen molar-refractivity contribution in [2.45, 2.75) is 36.3 Å². The first-order valence-corrected chi connectivity index (χ1v) is 8.28. The Kier molecular flexibility index (Phi) is 6.39. The zero-order valence-corrected chi connectivity index (χ0v) is 14.6. The van der Waals surface area contributed by atoms with Gasteiger partial charge in [0, 0.05) is 12.3 Å². The van der Waals surface area contributed by atoms with Crippen LogP contribution in [0.3, 0.4) is 0 Å². The molecule has 0 N–H and O–H groups in total. The normalized spacial score (nSPS) is 14.9. The number of hydrogen-bond acceptors (Lipinski definition) is 0. The van der Waals surface area contributed by atoms with Gasteiger partial charge in [0.1, 0.15) is 0 Å². The topological polar surface area (TPSA) is 0 Å². The summed E-state index contributed by atoms with van der Waals surface area (Å²) in [4.78, 5) is 0. The number of hydrogen-bond donors (Lipinski definition) is 0. The van der Waals surface area contributed by atoms with E-state index in [1.165, 1.54) is 36.4 Å². The maximum atomic E-state index is 14.1. The maximum Gasteiger partial charge on any atom is 0.460 e. The third-order valence-corrected chi connectivity index (χ3v) is 4.23. The average molecular weight is 426 g/mol. The van der Waals surface area contributed by atoms with Crippen molar-refractivity contribution in [2.75, 3.05) is 0 Å². The van der Waals surface area contributed by atoms with Gasteiger partial charge in [-0.1, -0.05) is 72.8 Å². The summed E-state index contributed by atoms with van der Waals surface area (Å²) in [7, 11) is 0. The van der Waals surface area contributed by atoms with E-state index in [0.717, 1.165) is 6.08 Å². The lowest BCUT2D eigenvalue weighted by atomic mass is 9.88. The van der Waals surface area contributed by atoms with E-state index in [-0.39, 0.29) is 5.56 Å². The van der Waals surface area contributed by atoms with Crippen molar-refractivity contribution < 1.29 is 39.5 Å². The zero-order chi connectivity index (χ0) is 21.9. The van der Waals surface area contributed by atoms with E-state index in [2.05, 4.69) is 0 Å². The molecule has 0 amide bonds. The van der Waals surface area contributed by atoms with Gasteiger partial charge in [0.2, 0.25) is 0 Å². The molecule has 1 atom stereocenters. The summed E-state index contributed by atoms with van der Waals surface area (Å²) < 4.78 is 119. The maximum absolute atomic E-state index is 14.1. The van der Waals surface area contributed by atoms with Crippen LogP contribution >= 0.6 is 0 Å². The van der Waals surface area contributed by atoms with Crippen molar-refractivity contribution in [1.29, 1.82) is 0 Å². The van der Waals surface area contributed by atoms with Crippen LogP contribution in [-0.4, -0.2) is 23.9 Å². The molecular weight excluding hydrogens is 411 g/mol. The van der Waals surface area contributed by atoms with Crippen molar-refractivity contribution in [3.05, 3.63) is 77.9 Å². The van der Waals surface area contributed by atoms with Crippen LogP contribution in [0.1, 0.15) is 23.5 Å². The predicted molar refractivity (Wildman–Crippen MR) is 90.2 cm³/mol. The summed E-state index contributed by atoms with van der Waals surface area (Å²) >= 11 is 0. The molecule has 0 fully saturated rings. The molecule has 1 unspecified atom stereocenters. The second-order valence-electron chi connectivity index (χ2n) is 6.34. The van der Waals surface area contributed by atoms with Gasteiger partial charge in [-0.3, -0.25) is 0 Å². The Labute approximate surface area is 160 Å². The molecule has 0 aliphatic heterocycles. The third-order valence-electron chi connectivity index (χ3n) is 4.23. The molecule has 0 saturated carbocycles. The van der Waals surface area contributed by atoms with Crippen molar-refractivity contribution in [1.82, 2.24) is 0 Å². The summed E-state index contributed by atoms with van der Waals surface area (Å²) in [5.41, 5.74) is 0.564. The molecule has 158 valence electrons. The summed E-state index contributed by atoms with van der Waals surface area (Å²) in [5.74, 6) is -20.7. The monoisotopic (exact) mass is 426 g/mol. The van der Waals surface area contributed by atoms with Crippen molar-refractivity contribution in [3.63, 3.8) is 0 Å². The first kappa shape index (κ1) is 22.8. The van der Waals surface area contributed by atoms with E-state index in [9.17, 15) is 39.5 Å². The fourth-order valence-corrected chi connectivity index (χ4v) is 2.60. The lowest BCUT2D eigenvalue weighted by Gasteiger charge is -2.35. The van der Waals surface area contributed by atoms with E-state index in [0.29, 0.717) is 5.56 Å². The van der Waals surface area contributed by atoms with Gasteiger partial charge in [-0.05, 0) is 11.1 Å². The molecule has 0 nitrogen and oxygen atoms in total. The second-order valence-corrected chi connectivity index (χ2v) is 6.34. The highest BCUT2D eigenvalue weighted by atomic mass is 19.4. The Morgan fingerprint density at radius 3 is 1.62 bits per heavy atom. The number of alkyl halides is 9. The van der Waals surface area contributed by atoms with Gasteiger partial charge in [-0.15, -0.1) is 0 Å². The van der Waals surface area contributed by atoms with Gasteiger partial charge in [-0.2, -0.15) is 39.5 Å². The Hall–Kier alpha value is -2.45. The number of halogens is 9. The molecule has 0 saturated heterocycles. The van der Waals surface area contributed by atoms with E-state index < -0.39 is 36.3 Å². The zero-order valence-electron chi connectivity index (χ0n) is 14.6. The Morgan fingerprint density at radius 2 is 1.14 bits per heavy atom. The third kappa shape index (κ3) is 4.76. The molecule has 0 aromatic heterocycles. The molecule has 9 heteroatoms. The van der Waals surface area contributed by atoms with Gasteiger partial charge in [0.05, 0.1) is 0 Å². The van der Waals surface area contributed by atoms with Crippen LogP contribution in [0, 0.1) is 0 Å². The smallest absolute Gasteiger partial charge is 0.200 e. The number of benzene rings is 2. The van der Waals surface area contributed by atoms with Crippen LogP contribution < -0.4 is 0 Å². The van der Waals surface area contributed by atoms with Gasteiger partial charge in [0.15, 0.2) is 0 Å². The Balaban J connectivity index is 2.40. The highest BCUT2D eigenvalue weighted by Gasteiger charge is 2.81. The van der Waals surface area contributed by atoms with E-state index in [1.807, 2.05) is 0 Å². The van der Waals surface area contributed by atoms with Gasteiger partial charge < -0.3 is 0 Å². The van der Waals surface area contributed by atoms with Crippen LogP contribution in [0.2, 0.25) is 0 Å². The van der Waals surface area contributed by atoms with Crippen LogP contribution in [-0.2, 0) is 0 Å². The molecule has 0 aliphatic carbocycles. The highest BCUT2D eigenvalue weighted by molar-refractivity contribution is 5.50. The van der Waals surface area contributed by atoms with Gasteiger partial charge in [0.25, 0.3) is 0 Å². The van der Waals surface area contributed by atoms with E-state index >= 15 is 0 Å². The minimum Gasteiger partial charge on any atom is -0.200 e. The largest absolute Gasteiger partial charge is 0.460 e.